The Morgan fingerprint density at radius 3 is 2.72 bits per heavy atom. The Balaban J connectivity index is 1.56. The number of aromatic nitrogens is 4. The predicted octanol–water partition coefficient (Wildman–Crippen LogP) is 4.49. The summed E-state index contributed by atoms with van der Waals surface area (Å²) in [7, 11) is 0. The van der Waals surface area contributed by atoms with Gasteiger partial charge < -0.3 is 5.32 Å². The molecule has 2 heterocycles. The highest BCUT2D eigenvalue weighted by atomic mass is 19.3. The minimum atomic E-state index is -2.70. The number of nitrogens with zero attached hydrogens (tertiary/aromatic N) is 4. The molecule has 0 aliphatic heterocycles. The molecular weight excluding hydrogens is 324 g/mol. The van der Waals surface area contributed by atoms with Gasteiger partial charge in [0.05, 0.1) is 23.8 Å². The minimum absolute atomic E-state index is 0.413. The van der Waals surface area contributed by atoms with Crippen LogP contribution in [0.1, 0.15) is 49.7 Å². The Labute approximate surface area is 144 Å². The lowest BCUT2D eigenvalue weighted by Gasteiger charge is -2.10. The highest BCUT2D eigenvalue weighted by Crippen LogP contribution is 2.29. The van der Waals surface area contributed by atoms with Gasteiger partial charge in [-0.3, -0.25) is 4.68 Å². The van der Waals surface area contributed by atoms with E-state index < -0.39 is 12.2 Å². The van der Waals surface area contributed by atoms with Crippen LogP contribution in [-0.2, 0) is 6.54 Å². The second kappa shape index (κ2) is 6.74. The molecule has 3 aromatic rings. The van der Waals surface area contributed by atoms with Crippen LogP contribution >= 0.6 is 0 Å². The van der Waals surface area contributed by atoms with Gasteiger partial charge in [0.15, 0.2) is 5.82 Å². The summed E-state index contributed by atoms with van der Waals surface area (Å²) >= 11 is 0. The molecule has 0 atom stereocenters. The van der Waals surface area contributed by atoms with E-state index in [4.69, 9.17) is 0 Å². The van der Waals surface area contributed by atoms with E-state index in [0.29, 0.717) is 23.9 Å². The Morgan fingerprint density at radius 1 is 1.12 bits per heavy atom. The fourth-order valence-electron chi connectivity index (χ4n) is 3.35. The number of alkyl halides is 2. The summed E-state index contributed by atoms with van der Waals surface area (Å²) in [5, 5.41) is 8.47. The van der Waals surface area contributed by atoms with E-state index in [-0.39, 0.29) is 0 Å². The van der Waals surface area contributed by atoms with Crippen LogP contribution in [0, 0.1) is 0 Å². The molecule has 4 rings (SSSR count). The van der Waals surface area contributed by atoms with Crippen molar-refractivity contribution >= 4 is 16.7 Å². The monoisotopic (exact) mass is 343 g/mol. The van der Waals surface area contributed by atoms with Crippen LogP contribution in [0.25, 0.3) is 10.9 Å². The van der Waals surface area contributed by atoms with E-state index >= 15 is 0 Å². The number of rotatable bonds is 5. The number of anilines is 1. The topological polar surface area (TPSA) is 55.6 Å². The lowest BCUT2D eigenvalue weighted by molar-refractivity contribution is 0.141. The summed E-state index contributed by atoms with van der Waals surface area (Å²) in [5.74, 6) is -0.0472. The van der Waals surface area contributed by atoms with Gasteiger partial charge in [-0.05, 0) is 31.0 Å². The average molecular weight is 343 g/mol. The van der Waals surface area contributed by atoms with E-state index in [1.807, 2.05) is 29.1 Å². The van der Waals surface area contributed by atoms with Gasteiger partial charge in [0.2, 0.25) is 0 Å². The molecule has 0 saturated heterocycles. The minimum Gasteiger partial charge on any atom is -0.364 e. The van der Waals surface area contributed by atoms with Crippen molar-refractivity contribution in [3.05, 3.63) is 48.0 Å². The summed E-state index contributed by atoms with van der Waals surface area (Å²) in [6.07, 6.45) is 4.14. The quantitative estimate of drug-likeness (QED) is 0.741. The molecular formula is C18H19F2N5. The first-order chi connectivity index (χ1) is 12.2. The predicted molar refractivity (Wildman–Crippen MR) is 91.6 cm³/mol. The van der Waals surface area contributed by atoms with Gasteiger partial charge in [-0.2, -0.15) is 5.10 Å². The zero-order chi connectivity index (χ0) is 17.2. The lowest BCUT2D eigenvalue weighted by Crippen LogP contribution is -2.09. The third-order valence-electron chi connectivity index (χ3n) is 4.62. The van der Waals surface area contributed by atoms with Crippen LogP contribution in [0.2, 0.25) is 0 Å². The van der Waals surface area contributed by atoms with Gasteiger partial charge in [0.1, 0.15) is 5.82 Å². The third kappa shape index (κ3) is 3.31. The van der Waals surface area contributed by atoms with Crippen LogP contribution in [-0.4, -0.2) is 19.7 Å². The van der Waals surface area contributed by atoms with Crippen LogP contribution in [0.3, 0.4) is 0 Å². The highest BCUT2D eigenvalue weighted by Gasteiger charge is 2.18. The van der Waals surface area contributed by atoms with Crippen molar-refractivity contribution in [1.82, 2.24) is 19.7 Å². The molecule has 25 heavy (non-hydrogen) atoms. The summed E-state index contributed by atoms with van der Waals surface area (Å²) in [5.41, 5.74) is 1.37. The van der Waals surface area contributed by atoms with Crippen molar-refractivity contribution in [3.8, 4) is 0 Å². The molecule has 7 heteroatoms. The third-order valence-corrected chi connectivity index (χ3v) is 4.62. The maximum absolute atomic E-state index is 13.0. The van der Waals surface area contributed by atoms with E-state index in [1.165, 1.54) is 25.7 Å². The number of benzene rings is 1. The molecule has 1 aliphatic rings. The number of nitrogens with one attached hydrogen (secondary N) is 1. The Kier molecular flexibility index (Phi) is 4.29. The van der Waals surface area contributed by atoms with Gasteiger partial charge in [-0.15, -0.1) is 0 Å². The second-order valence-electron chi connectivity index (χ2n) is 6.33. The van der Waals surface area contributed by atoms with E-state index in [9.17, 15) is 8.78 Å². The van der Waals surface area contributed by atoms with Gasteiger partial charge in [-0.25, -0.2) is 18.7 Å². The van der Waals surface area contributed by atoms with Crippen molar-refractivity contribution in [2.24, 2.45) is 0 Å². The summed E-state index contributed by atoms with van der Waals surface area (Å²) in [6.45, 7) is 0.434. The van der Waals surface area contributed by atoms with Crippen LogP contribution < -0.4 is 5.32 Å². The molecule has 2 aromatic heterocycles. The molecule has 1 fully saturated rings. The number of fused-ring (bicyclic) bond motifs is 1. The fraction of sp³-hybridized carbons (Fsp3) is 0.389. The van der Waals surface area contributed by atoms with Crippen molar-refractivity contribution in [3.63, 3.8) is 0 Å². The summed E-state index contributed by atoms with van der Waals surface area (Å²) in [6, 6.07) is 9.60. The fourth-order valence-corrected chi connectivity index (χ4v) is 3.35. The van der Waals surface area contributed by atoms with E-state index in [1.54, 1.807) is 12.1 Å². The zero-order valence-electron chi connectivity index (χ0n) is 13.7. The molecule has 0 unspecified atom stereocenters. The average Bonchev–Trinajstić information content (AvgIpc) is 3.30. The van der Waals surface area contributed by atoms with Crippen molar-refractivity contribution in [2.75, 3.05) is 5.32 Å². The second-order valence-corrected chi connectivity index (χ2v) is 6.33. The van der Waals surface area contributed by atoms with Crippen molar-refractivity contribution in [2.45, 2.75) is 44.7 Å². The lowest BCUT2D eigenvalue weighted by atomic mass is 10.2. The maximum atomic E-state index is 13.0. The molecule has 5 nitrogen and oxygen atoms in total. The first kappa shape index (κ1) is 15.9. The van der Waals surface area contributed by atoms with Gasteiger partial charge in [0.25, 0.3) is 6.43 Å². The van der Waals surface area contributed by atoms with E-state index in [0.717, 1.165) is 11.1 Å². The smallest absolute Gasteiger partial charge is 0.297 e. The Hall–Kier alpha value is -2.57. The molecule has 0 radical (unpaired) electrons. The molecule has 0 amide bonds. The molecule has 1 aliphatic carbocycles. The van der Waals surface area contributed by atoms with Crippen LogP contribution in [0.5, 0.6) is 0 Å². The molecule has 1 aromatic carbocycles. The van der Waals surface area contributed by atoms with Gasteiger partial charge in [0, 0.05) is 11.6 Å². The number of hydrogen-bond acceptors (Lipinski definition) is 4. The first-order valence-electron chi connectivity index (χ1n) is 8.53. The largest absolute Gasteiger partial charge is 0.364 e. The SMILES string of the molecule is FC(F)c1nc(NCc2ccn(C3CCCC3)n2)c2ccccc2n1. The normalized spacial score (nSPS) is 15.3. The molecule has 0 bridgehead atoms. The van der Waals surface area contributed by atoms with E-state index in [2.05, 4.69) is 20.4 Å². The number of hydrogen-bond donors (Lipinski definition) is 1. The van der Waals surface area contributed by atoms with Crippen LogP contribution in [0.4, 0.5) is 14.6 Å². The molecule has 1 N–H and O–H groups in total. The van der Waals surface area contributed by atoms with Crippen LogP contribution in [0.15, 0.2) is 36.5 Å². The molecule has 130 valence electrons. The standard InChI is InChI=1S/C18H19F2N5/c19-16(20)18-22-15-8-4-3-7-14(15)17(23-18)21-11-12-9-10-25(24-12)13-5-1-2-6-13/h3-4,7-10,13,16H,1-2,5-6,11H2,(H,21,22,23). The first-order valence-corrected chi connectivity index (χ1v) is 8.53. The zero-order valence-corrected chi connectivity index (χ0v) is 13.7. The number of halogens is 2. The van der Waals surface area contributed by atoms with Gasteiger partial charge in [-0.1, -0.05) is 25.0 Å². The summed E-state index contributed by atoms with van der Waals surface area (Å²) in [4.78, 5) is 7.92. The van der Waals surface area contributed by atoms with Crippen molar-refractivity contribution in [1.29, 1.82) is 0 Å². The molecule has 1 saturated carbocycles. The Bertz CT molecular complexity index is 871. The molecule has 0 spiro atoms. The highest BCUT2D eigenvalue weighted by molar-refractivity contribution is 5.88. The maximum Gasteiger partial charge on any atom is 0.297 e. The van der Waals surface area contributed by atoms with Gasteiger partial charge >= 0.3 is 0 Å². The Morgan fingerprint density at radius 2 is 1.92 bits per heavy atom. The number of para-hydroxylation sites is 1. The summed E-state index contributed by atoms with van der Waals surface area (Å²) < 4.78 is 28.1. The van der Waals surface area contributed by atoms with Crippen molar-refractivity contribution < 1.29 is 8.78 Å².